The van der Waals surface area contributed by atoms with Crippen molar-refractivity contribution in [3.63, 3.8) is 0 Å². The van der Waals surface area contributed by atoms with Crippen molar-refractivity contribution >= 4 is 17.2 Å². The van der Waals surface area contributed by atoms with E-state index in [4.69, 9.17) is 10.5 Å². The van der Waals surface area contributed by atoms with Gasteiger partial charge in [0, 0.05) is 9.75 Å². The Labute approximate surface area is 127 Å². The summed E-state index contributed by atoms with van der Waals surface area (Å²) in [6.45, 7) is 3.15. The molecule has 2 aromatic rings. The molecule has 0 spiro atoms. The molecule has 4 nitrogen and oxygen atoms in total. The van der Waals surface area contributed by atoms with E-state index in [1.807, 2.05) is 18.2 Å². The van der Waals surface area contributed by atoms with Gasteiger partial charge in [-0.2, -0.15) is 0 Å². The summed E-state index contributed by atoms with van der Waals surface area (Å²) in [5.74, 6) is 0.526. The van der Waals surface area contributed by atoms with Crippen LogP contribution in [0.5, 0.6) is 5.75 Å². The lowest BCUT2D eigenvalue weighted by atomic mass is 10.0. The average Bonchev–Trinajstić information content (AvgIpc) is 2.92. The molecular weight excluding hydrogens is 284 g/mol. The van der Waals surface area contributed by atoms with Crippen LogP contribution in [0.1, 0.15) is 38.6 Å². The lowest BCUT2D eigenvalue weighted by Crippen LogP contribution is -2.24. The van der Waals surface area contributed by atoms with E-state index >= 15 is 0 Å². The molecule has 1 atom stereocenters. The van der Waals surface area contributed by atoms with Gasteiger partial charge in [-0.3, -0.25) is 4.79 Å². The molecule has 0 fully saturated rings. The minimum atomic E-state index is -0.211. The van der Waals surface area contributed by atoms with E-state index in [1.54, 1.807) is 11.3 Å². The monoisotopic (exact) mass is 302 g/mol. The molecule has 1 aliphatic heterocycles. The van der Waals surface area contributed by atoms with Crippen molar-refractivity contribution < 1.29 is 9.53 Å². The summed E-state index contributed by atoms with van der Waals surface area (Å²) in [6.07, 6.45) is 1.01. The number of thiophene rings is 1. The van der Waals surface area contributed by atoms with Crippen LogP contribution in [0.3, 0.4) is 0 Å². The molecule has 1 amide bonds. The van der Waals surface area contributed by atoms with Crippen LogP contribution in [0.2, 0.25) is 0 Å². The van der Waals surface area contributed by atoms with Crippen LogP contribution in [-0.4, -0.2) is 19.1 Å². The maximum absolute atomic E-state index is 12.0. The fourth-order valence-corrected chi connectivity index (χ4v) is 3.36. The van der Waals surface area contributed by atoms with Crippen molar-refractivity contribution in [2.24, 2.45) is 5.73 Å². The third-order valence-corrected chi connectivity index (χ3v) is 4.90. The minimum Gasteiger partial charge on any atom is -0.491 e. The van der Waals surface area contributed by atoms with Crippen molar-refractivity contribution in [2.75, 3.05) is 13.2 Å². The maximum atomic E-state index is 12.0. The third kappa shape index (κ3) is 2.80. The van der Waals surface area contributed by atoms with Gasteiger partial charge in [0.15, 0.2) is 0 Å². The highest BCUT2D eigenvalue weighted by Crippen LogP contribution is 2.30. The molecule has 5 heteroatoms. The third-order valence-electron chi connectivity index (χ3n) is 3.59. The summed E-state index contributed by atoms with van der Waals surface area (Å²) in [6, 6.07) is 9.58. The van der Waals surface area contributed by atoms with E-state index in [2.05, 4.69) is 24.4 Å². The molecule has 1 unspecified atom stereocenters. The highest BCUT2D eigenvalue weighted by molar-refractivity contribution is 7.12. The molecule has 1 aromatic heterocycles. The molecule has 0 bridgehead atoms. The lowest BCUT2D eigenvalue weighted by molar-refractivity contribution is 0.0957. The van der Waals surface area contributed by atoms with E-state index < -0.39 is 0 Å². The van der Waals surface area contributed by atoms with Gasteiger partial charge < -0.3 is 15.8 Å². The van der Waals surface area contributed by atoms with Gasteiger partial charge in [-0.25, -0.2) is 0 Å². The Bertz CT molecular complexity index is 666. The second-order valence-corrected chi connectivity index (χ2v) is 6.20. The van der Waals surface area contributed by atoms with Gasteiger partial charge in [0.25, 0.3) is 5.91 Å². The number of benzene rings is 1. The molecule has 110 valence electrons. The van der Waals surface area contributed by atoms with Gasteiger partial charge in [-0.15, -0.1) is 11.3 Å². The zero-order valence-electron chi connectivity index (χ0n) is 11.9. The Kier molecular flexibility index (Phi) is 3.94. The van der Waals surface area contributed by atoms with Crippen LogP contribution in [0, 0.1) is 0 Å². The molecule has 0 saturated carbocycles. The summed E-state index contributed by atoms with van der Waals surface area (Å²) in [4.78, 5) is 14.5. The lowest BCUT2D eigenvalue weighted by Gasteiger charge is -2.13. The van der Waals surface area contributed by atoms with Crippen LogP contribution in [0.25, 0.3) is 0 Å². The average molecular weight is 302 g/mol. The molecule has 1 aliphatic rings. The quantitative estimate of drug-likeness (QED) is 0.915. The summed E-state index contributed by atoms with van der Waals surface area (Å²) < 4.78 is 5.56. The zero-order chi connectivity index (χ0) is 14.8. The number of amides is 1. The van der Waals surface area contributed by atoms with Crippen LogP contribution in [-0.2, 0) is 6.42 Å². The molecule has 21 heavy (non-hydrogen) atoms. The number of rotatable bonds is 3. The van der Waals surface area contributed by atoms with E-state index in [1.165, 1.54) is 4.88 Å². The summed E-state index contributed by atoms with van der Waals surface area (Å²) >= 11 is 1.72. The highest BCUT2D eigenvalue weighted by atomic mass is 32.1. The van der Waals surface area contributed by atoms with Crippen LogP contribution >= 0.6 is 11.3 Å². The molecule has 0 saturated heterocycles. The van der Waals surface area contributed by atoms with E-state index in [-0.39, 0.29) is 11.9 Å². The fourth-order valence-electron chi connectivity index (χ4n) is 2.38. The molecule has 2 heterocycles. The first-order chi connectivity index (χ1) is 10.2. The Morgan fingerprint density at radius 3 is 3.00 bits per heavy atom. The first-order valence-electron chi connectivity index (χ1n) is 7.08. The largest absolute Gasteiger partial charge is 0.491 e. The number of aryl methyl sites for hydroxylation is 1. The van der Waals surface area contributed by atoms with E-state index in [0.29, 0.717) is 24.5 Å². The Balaban J connectivity index is 1.93. The van der Waals surface area contributed by atoms with Crippen molar-refractivity contribution in [1.29, 1.82) is 0 Å². The van der Waals surface area contributed by atoms with Crippen LogP contribution < -0.4 is 15.8 Å². The predicted octanol–water partition coefficient (Wildman–Crippen LogP) is 2.48. The first-order valence-corrected chi connectivity index (χ1v) is 7.90. The number of hydrogen-bond acceptors (Lipinski definition) is 4. The van der Waals surface area contributed by atoms with Gasteiger partial charge in [0.2, 0.25) is 0 Å². The number of hydrogen-bond donors (Lipinski definition) is 2. The van der Waals surface area contributed by atoms with Crippen LogP contribution in [0.4, 0.5) is 0 Å². The maximum Gasteiger partial charge on any atom is 0.255 e. The molecule has 0 radical (unpaired) electrons. The highest BCUT2D eigenvalue weighted by Gasteiger charge is 2.19. The SMILES string of the molecule is CCc1ccc(C(N)c2ccc3c(c2)C(=O)NCCO3)s1. The topological polar surface area (TPSA) is 64.4 Å². The standard InChI is InChI=1S/C16H18N2O2S/c1-2-11-4-6-14(21-11)15(17)10-3-5-13-12(9-10)16(19)18-7-8-20-13/h3-6,9,15H,2,7-8,17H2,1H3,(H,18,19). The number of carbonyl (C=O) groups is 1. The predicted molar refractivity (Wildman–Crippen MR) is 84.0 cm³/mol. The van der Waals surface area contributed by atoms with E-state index in [0.717, 1.165) is 16.9 Å². The fraction of sp³-hybridized carbons (Fsp3) is 0.312. The number of nitrogens with one attached hydrogen (secondary N) is 1. The normalized spacial score (nSPS) is 15.6. The van der Waals surface area contributed by atoms with E-state index in [9.17, 15) is 4.79 Å². The van der Waals surface area contributed by atoms with Gasteiger partial charge in [-0.1, -0.05) is 13.0 Å². The van der Waals surface area contributed by atoms with Crippen LogP contribution in [0.15, 0.2) is 30.3 Å². The summed E-state index contributed by atoms with van der Waals surface area (Å²) in [5.41, 5.74) is 7.83. The molecule has 3 N–H and O–H groups in total. The van der Waals surface area contributed by atoms with Crippen molar-refractivity contribution in [3.05, 3.63) is 51.2 Å². The second kappa shape index (κ2) is 5.87. The summed E-state index contributed by atoms with van der Waals surface area (Å²) in [7, 11) is 0. The summed E-state index contributed by atoms with van der Waals surface area (Å²) in [5, 5.41) is 2.82. The number of carbonyl (C=O) groups excluding carboxylic acids is 1. The first kappa shape index (κ1) is 14.1. The Morgan fingerprint density at radius 2 is 2.24 bits per heavy atom. The van der Waals surface area contributed by atoms with Gasteiger partial charge in [0.1, 0.15) is 12.4 Å². The molecule has 3 rings (SSSR count). The Morgan fingerprint density at radius 1 is 1.38 bits per heavy atom. The minimum absolute atomic E-state index is 0.100. The zero-order valence-corrected chi connectivity index (χ0v) is 12.7. The van der Waals surface area contributed by atoms with Crippen molar-refractivity contribution in [1.82, 2.24) is 5.32 Å². The van der Waals surface area contributed by atoms with Gasteiger partial charge >= 0.3 is 0 Å². The van der Waals surface area contributed by atoms with Crippen molar-refractivity contribution in [2.45, 2.75) is 19.4 Å². The van der Waals surface area contributed by atoms with Gasteiger partial charge in [-0.05, 0) is 36.2 Å². The molecule has 1 aromatic carbocycles. The second-order valence-electron chi connectivity index (χ2n) is 5.00. The number of ether oxygens (including phenoxy) is 1. The molecular formula is C16H18N2O2S. The number of fused-ring (bicyclic) bond motifs is 1. The Hall–Kier alpha value is -1.85. The molecule has 0 aliphatic carbocycles. The van der Waals surface area contributed by atoms with Gasteiger partial charge in [0.05, 0.1) is 18.2 Å². The van der Waals surface area contributed by atoms with Crippen molar-refractivity contribution in [3.8, 4) is 5.75 Å². The number of nitrogens with two attached hydrogens (primary N) is 1. The smallest absolute Gasteiger partial charge is 0.255 e.